The molecule has 1 aromatic rings. The van der Waals surface area contributed by atoms with Gasteiger partial charge in [0, 0.05) is 26.2 Å². The van der Waals surface area contributed by atoms with E-state index in [0.717, 1.165) is 39.0 Å². The summed E-state index contributed by atoms with van der Waals surface area (Å²) < 4.78 is 5.33. The lowest BCUT2D eigenvalue weighted by Crippen LogP contribution is -2.39. The fraction of sp³-hybridized carbons (Fsp3) is 0.750. The number of nitrogens with zero attached hydrogens (tertiary/aromatic N) is 5. The third kappa shape index (κ3) is 2.91. The molecule has 1 aromatic heterocycles. The number of morpholine rings is 1. The third-order valence-corrected chi connectivity index (χ3v) is 3.67. The molecule has 3 heterocycles. The zero-order valence-electron chi connectivity index (χ0n) is 11.4. The molecule has 2 aliphatic heterocycles. The van der Waals surface area contributed by atoms with Gasteiger partial charge in [-0.1, -0.05) is 0 Å². The summed E-state index contributed by atoms with van der Waals surface area (Å²) in [5.74, 6) is 1.45. The number of nitrogen functional groups attached to an aromatic ring is 1. The molecular weight excluding hydrogens is 260 g/mol. The molecular formula is C12H20N6O2. The molecule has 0 saturated carbocycles. The first-order valence-electron chi connectivity index (χ1n) is 6.99. The minimum atomic E-state index is -0.218. The van der Waals surface area contributed by atoms with Gasteiger partial charge in [-0.2, -0.15) is 15.0 Å². The van der Waals surface area contributed by atoms with Crippen molar-refractivity contribution in [3.63, 3.8) is 0 Å². The van der Waals surface area contributed by atoms with Gasteiger partial charge in [-0.25, -0.2) is 0 Å². The normalized spacial score (nSPS) is 21.2. The number of anilines is 3. The van der Waals surface area contributed by atoms with Gasteiger partial charge in [0.15, 0.2) is 0 Å². The summed E-state index contributed by atoms with van der Waals surface area (Å²) in [5.41, 5.74) is 5.80. The molecule has 0 unspecified atom stereocenters. The van der Waals surface area contributed by atoms with E-state index in [0.29, 0.717) is 25.1 Å². The van der Waals surface area contributed by atoms with Crippen molar-refractivity contribution in [2.75, 3.05) is 54.9 Å². The summed E-state index contributed by atoms with van der Waals surface area (Å²) in [4.78, 5) is 17.1. The van der Waals surface area contributed by atoms with Gasteiger partial charge in [0.05, 0.1) is 19.3 Å². The van der Waals surface area contributed by atoms with Gasteiger partial charge in [0.1, 0.15) is 0 Å². The SMILES string of the molecule is Nc1nc(N2CCOCC2)nc(N2CCC(O)CC2)n1. The van der Waals surface area contributed by atoms with Crippen molar-refractivity contribution in [3.05, 3.63) is 0 Å². The Bertz CT molecular complexity index is 457. The highest BCUT2D eigenvalue weighted by Gasteiger charge is 2.22. The van der Waals surface area contributed by atoms with Gasteiger partial charge in [0.2, 0.25) is 17.8 Å². The molecule has 8 heteroatoms. The fourth-order valence-corrected chi connectivity index (χ4v) is 2.48. The van der Waals surface area contributed by atoms with Gasteiger partial charge < -0.3 is 25.4 Å². The number of aromatic nitrogens is 3. The smallest absolute Gasteiger partial charge is 0.232 e. The number of nitrogens with two attached hydrogens (primary N) is 1. The molecule has 3 N–H and O–H groups in total. The Kier molecular flexibility index (Phi) is 3.83. The third-order valence-electron chi connectivity index (χ3n) is 3.67. The molecule has 0 aliphatic carbocycles. The van der Waals surface area contributed by atoms with E-state index in [1.807, 2.05) is 0 Å². The van der Waals surface area contributed by atoms with Crippen LogP contribution in [0.4, 0.5) is 17.8 Å². The Morgan fingerprint density at radius 3 is 2.10 bits per heavy atom. The highest BCUT2D eigenvalue weighted by molar-refractivity contribution is 5.44. The minimum absolute atomic E-state index is 0.218. The number of aliphatic hydroxyl groups excluding tert-OH is 1. The van der Waals surface area contributed by atoms with Crippen molar-refractivity contribution in [1.29, 1.82) is 0 Å². The number of hydrogen-bond acceptors (Lipinski definition) is 8. The summed E-state index contributed by atoms with van der Waals surface area (Å²) >= 11 is 0. The van der Waals surface area contributed by atoms with E-state index in [-0.39, 0.29) is 12.1 Å². The van der Waals surface area contributed by atoms with Crippen LogP contribution in [-0.4, -0.2) is 65.6 Å². The molecule has 0 atom stereocenters. The standard InChI is InChI=1S/C12H20N6O2/c13-10-14-11(17-3-1-9(19)2-4-17)16-12(15-10)18-5-7-20-8-6-18/h9,19H,1-8H2,(H2,13,14,15,16). The van der Waals surface area contributed by atoms with E-state index < -0.39 is 0 Å². The maximum absolute atomic E-state index is 9.56. The lowest BCUT2D eigenvalue weighted by Gasteiger charge is -2.31. The number of hydrogen-bond donors (Lipinski definition) is 2. The fourth-order valence-electron chi connectivity index (χ4n) is 2.48. The zero-order chi connectivity index (χ0) is 13.9. The second kappa shape index (κ2) is 5.76. The van der Waals surface area contributed by atoms with E-state index in [1.165, 1.54) is 0 Å². The van der Waals surface area contributed by atoms with Crippen molar-refractivity contribution < 1.29 is 9.84 Å². The Balaban J connectivity index is 1.79. The monoisotopic (exact) mass is 280 g/mol. The molecule has 20 heavy (non-hydrogen) atoms. The van der Waals surface area contributed by atoms with Gasteiger partial charge in [-0.15, -0.1) is 0 Å². The Labute approximate surface area is 117 Å². The van der Waals surface area contributed by atoms with Crippen LogP contribution in [0.3, 0.4) is 0 Å². The maximum atomic E-state index is 9.56. The van der Waals surface area contributed by atoms with Crippen molar-refractivity contribution in [2.45, 2.75) is 18.9 Å². The predicted octanol–water partition coefficient (Wildman–Crippen LogP) is -0.748. The average molecular weight is 280 g/mol. The maximum Gasteiger partial charge on any atom is 0.232 e. The first-order valence-corrected chi connectivity index (χ1v) is 6.99. The minimum Gasteiger partial charge on any atom is -0.393 e. The number of ether oxygens (including phenoxy) is 1. The number of aliphatic hydroxyl groups is 1. The molecule has 0 amide bonds. The van der Waals surface area contributed by atoms with Crippen molar-refractivity contribution >= 4 is 17.8 Å². The van der Waals surface area contributed by atoms with Crippen LogP contribution >= 0.6 is 0 Å². The van der Waals surface area contributed by atoms with Crippen LogP contribution in [0, 0.1) is 0 Å². The van der Waals surface area contributed by atoms with Crippen molar-refractivity contribution in [1.82, 2.24) is 15.0 Å². The lowest BCUT2D eigenvalue weighted by molar-refractivity contribution is 0.122. The van der Waals surface area contributed by atoms with Crippen LogP contribution < -0.4 is 15.5 Å². The van der Waals surface area contributed by atoms with Gasteiger partial charge in [-0.3, -0.25) is 0 Å². The Morgan fingerprint density at radius 2 is 1.50 bits per heavy atom. The molecule has 3 rings (SSSR count). The van der Waals surface area contributed by atoms with Gasteiger partial charge >= 0.3 is 0 Å². The number of rotatable bonds is 2. The summed E-state index contributed by atoms with van der Waals surface area (Å²) in [7, 11) is 0. The topological polar surface area (TPSA) is 101 Å². The van der Waals surface area contributed by atoms with Gasteiger partial charge in [-0.05, 0) is 12.8 Å². The molecule has 0 aromatic carbocycles. The molecule has 2 saturated heterocycles. The number of piperidine rings is 1. The quantitative estimate of drug-likeness (QED) is 0.730. The largest absolute Gasteiger partial charge is 0.393 e. The van der Waals surface area contributed by atoms with E-state index in [4.69, 9.17) is 10.5 Å². The average Bonchev–Trinajstić information content (AvgIpc) is 2.48. The Hall–Kier alpha value is -1.67. The summed E-state index contributed by atoms with van der Waals surface area (Å²) in [6.07, 6.45) is 1.25. The Morgan fingerprint density at radius 1 is 0.950 bits per heavy atom. The first-order chi connectivity index (χ1) is 9.72. The van der Waals surface area contributed by atoms with Gasteiger partial charge in [0.25, 0.3) is 0 Å². The zero-order valence-corrected chi connectivity index (χ0v) is 11.4. The lowest BCUT2D eigenvalue weighted by atomic mass is 10.1. The van der Waals surface area contributed by atoms with Crippen LogP contribution in [-0.2, 0) is 4.74 Å². The van der Waals surface area contributed by atoms with Crippen LogP contribution in [0.15, 0.2) is 0 Å². The van der Waals surface area contributed by atoms with Crippen molar-refractivity contribution in [3.8, 4) is 0 Å². The highest BCUT2D eigenvalue weighted by atomic mass is 16.5. The van der Waals surface area contributed by atoms with E-state index in [1.54, 1.807) is 0 Å². The summed E-state index contributed by atoms with van der Waals surface area (Å²) in [6, 6.07) is 0. The summed E-state index contributed by atoms with van der Waals surface area (Å²) in [5, 5.41) is 9.56. The molecule has 0 spiro atoms. The van der Waals surface area contributed by atoms with E-state index in [2.05, 4.69) is 24.8 Å². The second-order valence-corrected chi connectivity index (χ2v) is 5.11. The van der Waals surface area contributed by atoms with Crippen LogP contribution in [0.5, 0.6) is 0 Å². The highest BCUT2D eigenvalue weighted by Crippen LogP contribution is 2.20. The van der Waals surface area contributed by atoms with Crippen LogP contribution in [0.25, 0.3) is 0 Å². The van der Waals surface area contributed by atoms with Crippen LogP contribution in [0.2, 0.25) is 0 Å². The van der Waals surface area contributed by atoms with E-state index in [9.17, 15) is 5.11 Å². The molecule has 8 nitrogen and oxygen atoms in total. The molecule has 2 aliphatic rings. The summed E-state index contributed by atoms with van der Waals surface area (Å²) in [6.45, 7) is 4.37. The van der Waals surface area contributed by atoms with Crippen LogP contribution in [0.1, 0.15) is 12.8 Å². The van der Waals surface area contributed by atoms with E-state index >= 15 is 0 Å². The molecule has 0 bridgehead atoms. The second-order valence-electron chi connectivity index (χ2n) is 5.11. The predicted molar refractivity (Wildman–Crippen MR) is 74.7 cm³/mol. The molecule has 0 radical (unpaired) electrons. The molecule has 2 fully saturated rings. The first kappa shape index (κ1) is 13.3. The van der Waals surface area contributed by atoms with Crippen molar-refractivity contribution in [2.24, 2.45) is 0 Å². The molecule has 110 valence electrons.